The second-order valence-electron chi connectivity index (χ2n) is 6.81. The van der Waals surface area contributed by atoms with E-state index < -0.39 is 0 Å². The summed E-state index contributed by atoms with van der Waals surface area (Å²) in [6, 6.07) is 5.36. The summed E-state index contributed by atoms with van der Waals surface area (Å²) in [6.45, 7) is 8.30. The van der Waals surface area contributed by atoms with Crippen molar-refractivity contribution in [2.75, 3.05) is 46.6 Å². The number of rotatable bonds is 10. The molecule has 0 aliphatic carbocycles. The molecule has 154 valence electrons. The van der Waals surface area contributed by atoms with E-state index in [0.717, 1.165) is 32.4 Å². The Morgan fingerprint density at radius 1 is 1.19 bits per heavy atom. The van der Waals surface area contributed by atoms with Crippen LogP contribution in [-0.4, -0.2) is 52.5 Å². The van der Waals surface area contributed by atoms with Crippen LogP contribution in [0.2, 0.25) is 0 Å². The first-order valence-corrected chi connectivity index (χ1v) is 9.51. The fraction of sp³-hybridized carbons (Fsp3) is 0.650. The minimum Gasteiger partial charge on any atom is -0.490 e. The van der Waals surface area contributed by atoms with Gasteiger partial charge in [-0.1, -0.05) is 6.92 Å². The first kappa shape index (κ1) is 23.5. The summed E-state index contributed by atoms with van der Waals surface area (Å²) in [4.78, 5) is 12.7. The second kappa shape index (κ2) is 12.1. The van der Waals surface area contributed by atoms with Crippen LogP contribution in [0.4, 0.5) is 0 Å². The molecule has 1 saturated heterocycles. The summed E-state index contributed by atoms with van der Waals surface area (Å²) in [5.41, 5.74) is 0.585. The van der Waals surface area contributed by atoms with Gasteiger partial charge in [0.05, 0.1) is 19.8 Å². The number of benzene rings is 1. The van der Waals surface area contributed by atoms with Gasteiger partial charge in [-0.2, -0.15) is 0 Å². The van der Waals surface area contributed by atoms with Crippen molar-refractivity contribution < 1.29 is 19.0 Å². The molecule has 27 heavy (non-hydrogen) atoms. The topological polar surface area (TPSA) is 68.8 Å². The van der Waals surface area contributed by atoms with E-state index in [1.165, 1.54) is 0 Å². The largest absolute Gasteiger partial charge is 0.490 e. The molecular weight excluding hydrogens is 368 g/mol. The van der Waals surface area contributed by atoms with Gasteiger partial charge >= 0.3 is 0 Å². The first-order valence-electron chi connectivity index (χ1n) is 9.51. The lowest BCUT2D eigenvalue weighted by atomic mass is 9.79. The average Bonchev–Trinajstić information content (AvgIpc) is 2.66. The van der Waals surface area contributed by atoms with Gasteiger partial charge in [0.1, 0.15) is 0 Å². The number of nitrogens with one attached hydrogen (secondary N) is 2. The van der Waals surface area contributed by atoms with E-state index in [2.05, 4.69) is 17.6 Å². The lowest BCUT2D eigenvalue weighted by Gasteiger charge is -2.37. The summed E-state index contributed by atoms with van der Waals surface area (Å²) in [5.74, 6) is 1.20. The molecule has 1 aromatic rings. The number of amides is 1. The van der Waals surface area contributed by atoms with E-state index in [1.54, 1.807) is 19.2 Å². The third-order valence-electron chi connectivity index (χ3n) is 4.71. The molecule has 0 radical (unpaired) electrons. The summed E-state index contributed by atoms with van der Waals surface area (Å²) < 4.78 is 16.8. The Balaban J connectivity index is 0.00000364. The molecule has 6 nitrogen and oxygen atoms in total. The average molecular weight is 401 g/mol. The van der Waals surface area contributed by atoms with Crippen molar-refractivity contribution in [3.63, 3.8) is 0 Å². The molecule has 0 atom stereocenters. The Morgan fingerprint density at radius 3 is 2.56 bits per heavy atom. The SMILES string of the molecule is CCCOc1ccc(C(=O)NCC2(COC)CCNCC2)cc1OCC.Cl. The zero-order chi connectivity index (χ0) is 18.8. The predicted molar refractivity (Wildman–Crippen MR) is 109 cm³/mol. The molecule has 1 aliphatic heterocycles. The number of carbonyl (C=O) groups excluding carboxylic acids is 1. The normalized spacial score (nSPS) is 15.5. The molecule has 0 spiro atoms. The maximum atomic E-state index is 12.7. The van der Waals surface area contributed by atoms with E-state index >= 15 is 0 Å². The first-order chi connectivity index (χ1) is 12.6. The van der Waals surface area contributed by atoms with E-state index in [9.17, 15) is 4.79 Å². The minimum atomic E-state index is -0.0954. The van der Waals surface area contributed by atoms with Gasteiger partial charge in [-0.05, 0) is 57.5 Å². The van der Waals surface area contributed by atoms with Crippen LogP contribution in [0.25, 0.3) is 0 Å². The molecule has 1 aromatic carbocycles. The van der Waals surface area contributed by atoms with Gasteiger partial charge in [-0.15, -0.1) is 12.4 Å². The van der Waals surface area contributed by atoms with Crippen LogP contribution in [0, 0.1) is 5.41 Å². The number of ether oxygens (including phenoxy) is 3. The summed E-state index contributed by atoms with van der Waals surface area (Å²) in [6.07, 6.45) is 2.91. The van der Waals surface area contributed by atoms with Crippen molar-refractivity contribution in [1.29, 1.82) is 0 Å². The second-order valence-corrected chi connectivity index (χ2v) is 6.81. The predicted octanol–water partition coefficient (Wildman–Crippen LogP) is 3.04. The van der Waals surface area contributed by atoms with Crippen LogP contribution in [0.15, 0.2) is 18.2 Å². The smallest absolute Gasteiger partial charge is 0.251 e. The highest BCUT2D eigenvalue weighted by Gasteiger charge is 2.32. The van der Waals surface area contributed by atoms with E-state index in [1.807, 2.05) is 13.0 Å². The lowest BCUT2D eigenvalue weighted by Crippen LogP contribution is -2.47. The highest BCUT2D eigenvalue weighted by Crippen LogP contribution is 2.30. The van der Waals surface area contributed by atoms with Crippen molar-refractivity contribution in [2.24, 2.45) is 5.41 Å². The van der Waals surface area contributed by atoms with Crippen LogP contribution < -0.4 is 20.1 Å². The van der Waals surface area contributed by atoms with Crippen molar-refractivity contribution in [2.45, 2.75) is 33.1 Å². The Kier molecular flexibility index (Phi) is 10.5. The number of carbonyl (C=O) groups is 1. The quantitative estimate of drug-likeness (QED) is 0.631. The van der Waals surface area contributed by atoms with Crippen molar-refractivity contribution in [3.8, 4) is 11.5 Å². The van der Waals surface area contributed by atoms with Gasteiger partial charge in [-0.3, -0.25) is 4.79 Å². The van der Waals surface area contributed by atoms with Gasteiger partial charge in [0.15, 0.2) is 11.5 Å². The standard InChI is InChI=1S/C20H32N2O4.ClH/c1-4-12-26-17-7-6-16(13-18(17)25-5-2)19(23)22-14-20(15-24-3)8-10-21-11-9-20;/h6-7,13,21H,4-5,8-12,14-15H2,1-3H3,(H,22,23);1H. The van der Waals surface area contributed by atoms with E-state index in [-0.39, 0.29) is 23.7 Å². The molecule has 2 rings (SSSR count). The van der Waals surface area contributed by atoms with Crippen molar-refractivity contribution in [1.82, 2.24) is 10.6 Å². The van der Waals surface area contributed by atoms with Gasteiger partial charge in [0.2, 0.25) is 0 Å². The van der Waals surface area contributed by atoms with Gasteiger partial charge < -0.3 is 24.8 Å². The molecule has 7 heteroatoms. The maximum Gasteiger partial charge on any atom is 0.251 e. The van der Waals surface area contributed by atoms with Crippen LogP contribution in [0.1, 0.15) is 43.5 Å². The number of hydrogen-bond donors (Lipinski definition) is 2. The van der Waals surface area contributed by atoms with E-state index in [4.69, 9.17) is 14.2 Å². The zero-order valence-electron chi connectivity index (χ0n) is 16.6. The molecular formula is C20H33ClN2O4. The third-order valence-corrected chi connectivity index (χ3v) is 4.71. The van der Waals surface area contributed by atoms with Crippen LogP contribution in [-0.2, 0) is 4.74 Å². The van der Waals surface area contributed by atoms with Crippen molar-refractivity contribution >= 4 is 18.3 Å². The van der Waals surface area contributed by atoms with Crippen molar-refractivity contribution in [3.05, 3.63) is 23.8 Å². The summed E-state index contributed by atoms with van der Waals surface area (Å²) in [7, 11) is 1.72. The third kappa shape index (κ3) is 6.87. The molecule has 1 amide bonds. The highest BCUT2D eigenvalue weighted by atomic mass is 35.5. The van der Waals surface area contributed by atoms with Crippen LogP contribution >= 0.6 is 12.4 Å². The molecule has 2 N–H and O–H groups in total. The Hall–Kier alpha value is -1.50. The number of halogens is 1. The van der Waals surface area contributed by atoms with Gasteiger partial charge in [0.25, 0.3) is 5.91 Å². The number of piperidine rings is 1. The fourth-order valence-electron chi connectivity index (χ4n) is 3.25. The zero-order valence-corrected chi connectivity index (χ0v) is 17.5. The lowest BCUT2D eigenvalue weighted by molar-refractivity contribution is 0.0511. The molecule has 0 aromatic heterocycles. The summed E-state index contributed by atoms with van der Waals surface area (Å²) in [5, 5.41) is 6.45. The van der Waals surface area contributed by atoms with Gasteiger partial charge in [0, 0.05) is 24.6 Å². The Morgan fingerprint density at radius 2 is 1.93 bits per heavy atom. The molecule has 1 aliphatic rings. The monoisotopic (exact) mass is 400 g/mol. The maximum absolute atomic E-state index is 12.7. The molecule has 1 heterocycles. The number of hydrogen-bond acceptors (Lipinski definition) is 5. The summed E-state index contributed by atoms with van der Waals surface area (Å²) >= 11 is 0. The van der Waals surface area contributed by atoms with Gasteiger partial charge in [-0.25, -0.2) is 0 Å². The molecule has 0 bridgehead atoms. The van der Waals surface area contributed by atoms with E-state index in [0.29, 0.717) is 43.4 Å². The number of methoxy groups -OCH3 is 1. The molecule has 0 unspecified atom stereocenters. The fourth-order valence-corrected chi connectivity index (χ4v) is 3.25. The van der Waals surface area contributed by atoms with Crippen LogP contribution in [0.3, 0.4) is 0 Å². The minimum absolute atomic E-state index is 0. The Labute approximate surface area is 168 Å². The van der Waals surface area contributed by atoms with Crippen LogP contribution in [0.5, 0.6) is 11.5 Å². The Bertz CT molecular complexity index is 572. The molecule has 0 saturated carbocycles. The highest BCUT2D eigenvalue weighted by molar-refractivity contribution is 5.94. The molecule has 1 fully saturated rings.